The summed E-state index contributed by atoms with van der Waals surface area (Å²) >= 11 is 2.17. The lowest BCUT2D eigenvalue weighted by molar-refractivity contribution is 0.229. The zero-order valence-electron chi connectivity index (χ0n) is 14.7. The van der Waals surface area contributed by atoms with Crippen molar-refractivity contribution in [2.24, 2.45) is 0 Å². The second-order valence-electron chi connectivity index (χ2n) is 6.73. The molecule has 0 aromatic heterocycles. The van der Waals surface area contributed by atoms with Crippen molar-refractivity contribution >= 4 is 11.8 Å². The zero-order valence-corrected chi connectivity index (χ0v) is 15.5. The van der Waals surface area contributed by atoms with Gasteiger partial charge in [-0.3, -0.25) is 0 Å². The first-order valence-corrected chi connectivity index (χ1v) is 10.3. The van der Waals surface area contributed by atoms with Crippen molar-refractivity contribution in [3.8, 4) is 0 Å². The first kappa shape index (κ1) is 17.6. The van der Waals surface area contributed by atoms with E-state index in [0.29, 0.717) is 5.25 Å². The van der Waals surface area contributed by atoms with Crippen molar-refractivity contribution in [1.82, 2.24) is 4.90 Å². The van der Waals surface area contributed by atoms with E-state index in [4.69, 9.17) is 0 Å². The average Bonchev–Trinajstić information content (AvgIpc) is 2.67. The smallest absolute Gasteiger partial charge is 0.0549 e. The standard InChI is InChI=1S/C22H29NS/c1-2-3-16-23-17-14-21(15-18-23)24-22(19-10-6-4-7-11-19)20-12-8-5-9-13-20/h4-13,21-22H,2-3,14-18H2,1H3. The third-order valence-electron chi connectivity index (χ3n) is 4.90. The van der Waals surface area contributed by atoms with Crippen molar-refractivity contribution in [2.75, 3.05) is 19.6 Å². The Morgan fingerprint density at radius 1 is 0.917 bits per heavy atom. The highest BCUT2D eigenvalue weighted by Gasteiger charge is 2.24. The summed E-state index contributed by atoms with van der Waals surface area (Å²) in [6, 6.07) is 22.0. The number of likely N-dealkylation sites (tertiary alicyclic amines) is 1. The number of unbranched alkanes of at least 4 members (excludes halogenated alkanes) is 1. The highest BCUT2D eigenvalue weighted by molar-refractivity contribution is 8.00. The fourth-order valence-electron chi connectivity index (χ4n) is 3.45. The molecule has 2 aromatic carbocycles. The van der Waals surface area contributed by atoms with Gasteiger partial charge in [0.2, 0.25) is 0 Å². The molecule has 1 fully saturated rings. The quantitative estimate of drug-likeness (QED) is 0.629. The van der Waals surface area contributed by atoms with E-state index < -0.39 is 0 Å². The number of hydrogen-bond donors (Lipinski definition) is 0. The summed E-state index contributed by atoms with van der Waals surface area (Å²) in [4.78, 5) is 2.65. The molecule has 0 aliphatic carbocycles. The number of nitrogens with zero attached hydrogens (tertiary/aromatic N) is 1. The van der Waals surface area contributed by atoms with Crippen molar-refractivity contribution in [1.29, 1.82) is 0 Å². The van der Waals surface area contributed by atoms with Crippen LogP contribution in [-0.4, -0.2) is 29.8 Å². The van der Waals surface area contributed by atoms with E-state index in [1.807, 2.05) is 0 Å². The number of thioether (sulfide) groups is 1. The van der Waals surface area contributed by atoms with Crippen LogP contribution >= 0.6 is 11.8 Å². The number of rotatable bonds is 7. The van der Waals surface area contributed by atoms with Gasteiger partial charge < -0.3 is 4.90 Å². The Hall–Kier alpha value is -1.25. The van der Waals surface area contributed by atoms with Gasteiger partial charge in [0.15, 0.2) is 0 Å². The molecule has 0 spiro atoms. The van der Waals surface area contributed by atoms with Gasteiger partial charge >= 0.3 is 0 Å². The van der Waals surface area contributed by atoms with Crippen LogP contribution in [0.1, 0.15) is 49.0 Å². The molecule has 1 aliphatic rings. The summed E-state index contributed by atoms with van der Waals surface area (Å²) in [5, 5.41) is 1.23. The Labute approximate surface area is 151 Å². The van der Waals surface area contributed by atoms with Gasteiger partial charge in [-0.05, 0) is 50.0 Å². The van der Waals surface area contributed by atoms with Gasteiger partial charge in [0.05, 0.1) is 5.25 Å². The third-order valence-corrected chi connectivity index (χ3v) is 6.57. The van der Waals surface area contributed by atoms with Crippen LogP contribution in [0.25, 0.3) is 0 Å². The monoisotopic (exact) mass is 339 g/mol. The largest absolute Gasteiger partial charge is 0.303 e. The van der Waals surface area contributed by atoms with E-state index in [1.165, 1.54) is 56.4 Å². The number of hydrogen-bond acceptors (Lipinski definition) is 2. The molecule has 0 unspecified atom stereocenters. The van der Waals surface area contributed by atoms with Crippen LogP contribution < -0.4 is 0 Å². The lowest BCUT2D eigenvalue weighted by Crippen LogP contribution is -2.35. The van der Waals surface area contributed by atoms with E-state index in [-0.39, 0.29) is 0 Å². The molecule has 0 saturated carbocycles. The molecule has 0 atom stereocenters. The molecule has 1 heterocycles. The summed E-state index contributed by atoms with van der Waals surface area (Å²) < 4.78 is 0. The molecule has 1 nitrogen and oxygen atoms in total. The minimum atomic E-state index is 0.458. The van der Waals surface area contributed by atoms with E-state index in [2.05, 4.69) is 84.2 Å². The molecule has 0 radical (unpaired) electrons. The van der Waals surface area contributed by atoms with Crippen LogP contribution in [0.2, 0.25) is 0 Å². The predicted octanol–water partition coefficient (Wildman–Crippen LogP) is 5.77. The fraction of sp³-hybridized carbons (Fsp3) is 0.455. The molecule has 1 saturated heterocycles. The first-order valence-electron chi connectivity index (χ1n) is 9.34. The second kappa shape index (κ2) is 9.29. The molecule has 24 heavy (non-hydrogen) atoms. The maximum Gasteiger partial charge on any atom is 0.0549 e. The molecular weight excluding hydrogens is 310 g/mol. The summed E-state index contributed by atoms with van der Waals surface area (Å²) in [6.45, 7) is 6.11. The Morgan fingerprint density at radius 3 is 1.96 bits per heavy atom. The molecule has 0 amide bonds. The molecule has 128 valence electrons. The van der Waals surface area contributed by atoms with Gasteiger partial charge in [0, 0.05) is 5.25 Å². The van der Waals surface area contributed by atoms with Crippen molar-refractivity contribution in [3.05, 3.63) is 71.8 Å². The number of benzene rings is 2. The van der Waals surface area contributed by atoms with Gasteiger partial charge in [0.1, 0.15) is 0 Å². The van der Waals surface area contributed by atoms with Gasteiger partial charge in [-0.1, -0.05) is 74.0 Å². The Balaban J connectivity index is 1.65. The minimum absolute atomic E-state index is 0.458. The molecule has 0 N–H and O–H groups in total. The van der Waals surface area contributed by atoms with Crippen LogP contribution in [0.4, 0.5) is 0 Å². The molecule has 2 aromatic rings. The van der Waals surface area contributed by atoms with E-state index in [9.17, 15) is 0 Å². The summed E-state index contributed by atoms with van der Waals surface area (Å²) in [5.41, 5.74) is 2.87. The van der Waals surface area contributed by atoms with Crippen molar-refractivity contribution in [2.45, 2.75) is 43.1 Å². The van der Waals surface area contributed by atoms with Crippen LogP contribution in [0.5, 0.6) is 0 Å². The van der Waals surface area contributed by atoms with Gasteiger partial charge in [-0.2, -0.15) is 0 Å². The number of piperidine rings is 1. The van der Waals surface area contributed by atoms with Crippen molar-refractivity contribution in [3.63, 3.8) is 0 Å². The van der Waals surface area contributed by atoms with E-state index >= 15 is 0 Å². The lowest BCUT2D eigenvalue weighted by Gasteiger charge is -2.33. The Morgan fingerprint density at radius 2 is 1.46 bits per heavy atom. The maximum absolute atomic E-state index is 2.65. The van der Waals surface area contributed by atoms with Gasteiger partial charge in [0.25, 0.3) is 0 Å². The minimum Gasteiger partial charge on any atom is -0.303 e. The summed E-state index contributed by atoms with van der Waals surface area (Å²) in [7, 11) is 0. The molecular formula is C22H29NS. The molecule has 2 heteroatoms. The SMILES string of the molecule is CCCCN1CCC(SC(c2ccccc2)c2ccccc2)CC1. The molecule has 0 bridgehead atoms. The Bertz CT molecular complexity index is 536. The van der Waals surface area contributed by atoms with Crippen molar-refractivity contribution < 1.29 is 0 Å². The van der Waals surface area contributed by atoms with E-state index in [1.54, 1.807) is 0 Å². The van der Waals surface area contributed by atoms with Crippen LogP contribution in [0.3, 0.4) is 0 Å². The summed E-state index contributed by atoms with van der Waals surface area (Å²) in [6.07, 6.45) is 5.29. The zero-order chi connectivity index (χ0) is 16.6. The normalized spacial score (nSPS) is 16.6. The summed E-state index contributed by atoms with van der Waals surface area (Å²) in [5.74, 6) is 0. The highest BCUT2D eigenvalue weighted by Crippen LogP contribution is 2.41. The van der Waals surface area contributed by atoms with Crippen LogP contribution in [-0.2, 0) is 0 Å². The molecule has 3 rings (SSSR count). The topological polar surface area (TPSA) is 3.24 Å². The fourth-order valence-corrected chi connectivity index (χ4v) is 4.94. The Kier molecular flexibility index (Phi) is 6.80. The van der Waals surface area contributed by atoms with E-state index in [0.717, 1.165) is 5.25 Å². The van der Waals surface area contributed by atoms with Crippen LogP contribution in [0.15, 0.2) is 60.7 Å². The third kappa shape index (κ3) is 4.87. The van der Waals surface area contributed by atoms with Gasteiger partial charge in [-0.15, -0.1) is 11.8 Å². The predicted molar refractivity (Wildman–Crippen MR) is 107 cm³/mol. The van der Waals surface area contributed by atoms with Crippen LogP contribution in [0, 0.1) is 0 Å². The lowest BCUT2D eigenvalue weighted by atomic mass is 10.0. The second-order valence-corrected chi connectivity index (χ2v) is 8.14. The highest BCUT2D eigenvalue weighted by atomic mass is 32.2. The molecule has 1 aliphatic heterocycles. The van der Waals surface area contributed by atoms with Gasteiger partial charge in [-0.25, -0.2) is 0 Å². The first-order chi connectivity index (χ1) is 11.9. The average molecular weight is 340 g/mol. The maximum atomic E-state index is 2.65.